The average Bonchev–Trinajstić information content (AvgIpc) is 3.01. The molecule has 1 aromatic heterocycles. The maximum absolute atomic E-state index is 13.3. The third-order valence-corrected chi connectivity index (χ3v) is 4.41. The number of amides is 1. The van der Waals surface area contributed by atoms with E-state index in [1.807, 2.05) is 17.5 Å². The lowest BCUT2D eigenvalue weighted by Crippen LogP contribution is -2.33. The smallest absolute Gasteiger partial charge is 0.330 e. The van der Waals surface area contributed by atoms with Gasteiger partial charge < -0.3 is 10.4 Å². The number of halogens is 1. The summed E-state index contributed by atoms with van der Waals surface area (Å²) in [5, 5.41) is 13.8. The molecule has 0 aliphatic heterocycles. The van der Waals surface area contributed by atoms with Gasteiger partial charge >= 0.3 is 5.97 Å². The van der Waals surface area contributed by atoms with Gasteiger partial charge in [-0.15, -0.1) is 11.3 Å². The van der Waals surface area contributed by atoms with Crippen molar-refractivity contribution in [2.45, 2.75) is 32.2 Å². The molecule has 0 saturated carbocycles. The lowest BCUT2D eigenvalue weighted by atomic mass is 10.0. The van der Waals surface area contributed by atoms with Crippen molar-refractivity contribution in [3.05, 3.63) is 57.5 Å². The fraction of sp³-hybridized carbons (Fsp3) is 0.294. The maximum atomic E-state index is 13.3. The van der Waals surface area contributed by atoms with Gasteiger partial charge in [-0.25, -0.2) is 9.18 Å². The zero-order chi connectivity index (χ0) is 16.8. The van der Waals surface area contributed by atoms with Crippen molar-refractivity contribution in [3.8, 4) is 0 Å². The molecule has 0 aliphatic carbocycles. The lowest BCUT2D eigenvalue weighted by molar-refractivity contribution is -0.142. The fourth-order valence-electron chi connectivity index (χ4n) is 2.25. The zero-order valence-electron chi connectivity index (χ0n) is 12.7. The van der Waals surface area contributed by atoms with Gasteiger partial charge in [0.1, 0.15) is 5.82 Å². The summed E-state index contributed by atoms with van der Waals surface area (Å²) in [6.07, 6.45) is 1.70. The first-order valence-electron chi connectivity index (χ1n) is 7.28. The summed E-state index contributed by atoms with van der Waals surface area (Å²) < 4.78 is 13.3. The van der Waals surface area contributed by atoms with Gasteiger partial charge in [0.15, 0.2) is 6.04 Å². The van der Waals surface area contributed by atoms with E-state index in [0.29, 0.717) is 17.5 Å². The molecule has 0 aliphatic rings. The lowest BCUT2D eigenvalue weighted by Gasteiger charge is -2.15. The van der Waals surface area contributed by atoms with Crippen LogP contribution in [0, 0.1) is 12.7 Å². The van der Waals surface area contributed by atoms with E-state index in [-0.39, 0.29) is 12.3 Å². The predicted molar refractivity (Wildman–Crippen MR) is 86.9 cm³/mol. The van der Waals surface area contributed by atoms with E-state index < -0.39 is 17.8 Å². The predicted octanol–water partition coefficient (Wildman–Crippen LogP) is 3.46. The minimum Gasteiger partial charge on any atom is -0.479 e. The summed E-state index contributed by atoms with van der Waals surface area (Å²) in [5.74, 6) is -1.89. The SMILES string of the molecule is Cc1cc(C(NC(=O)CCCc2cccs2)C(=O)O)ccc1F. The van der Waals surface area contributed by atoms with Crippen molar-refractivity contribution in [2.24, 2.45) is 0 Å². The van der Waals surface area contributed by atoms with Crippen LogP contribution in [-0.4, -0.2) is 17.0 Å². The summed E-state index contributed by atoms with van der Waals surface area (Å²) in [4.78, 5) is 24.5. The first-order chi connectivity index (χ1) is 11.0. The summed E-state index contributed by atoms with van der Waals surface area (Å²) in [5.41, 5.74) is 0.712. The van der Waals surface area contributed by atoms with E-state index in [4.69, 9.17) is 0 Å². The van der Waals surface area contributed by atoms with Crippen LogP contribution < -0.4 is 5.32 Å². The normalized spacial score (nSPS) is 11.9. The third kappa shape index (κ3) is 4.89. The van der Waals surface area contributed by atoms with Gasteiger partial charge in [-0.1, -0.05) is 18.2 Å². The van der Waals surface area contributed by atoms with Crippen LogP contribution >= 0.6 is 11.3 Å². The Morgan fingerprint density at radius 1 is 1.35 bits per heavy atom. The van der Waals surface area contributed by atoms with Crippen LogP contribution in [0.2, 0.25) is 0 Å². The number of carbonyl (C=O) groups is 2. The monoisotopic (exact) mass is 335 g/mol. The van der Waals surface area contributed by atoms with Crippen LogP contribution in [0.4, 0.5) is 4.39 Å². The number of hydrogen-bond acceptors (Lipinski definition) is 3. The zero-order valence-corrected chi connectivity index (χ0v) is 13.5. The Bertz CT molecular complexity index is 685. The van der Waals surface area contributed by atoms with Gasteiger partial charge in [-0.2, -0.15) is 0 Å². The van der Waals surface area contributed by atoms with E-state index in [1.165, 1.54) is 23.1 Å². The molecule has 0 spiro atoms. The van der Waals surface area contributed by atoms with Gasteiger partial charge in [0.2, 0.25) is 5.91 Å². The molecule has 1 unspecified atom stereocenters. The van der Waals surface area contributed by atoms with Gasteiger partial charge in [0.05, 0.1) is 0 Å². The summed E-state index contributed by atoms with van der Waals surface area (Å²) in [6, 6.07) is 6.83. The Labute approximate surface area is 138 Å². The van der Waals surface area contributed by atoms with E-state index in [0.717, 1.165) is 6.42 Å². The number of hydrogen-bond donors (Lipinski definition) is 2. The van der Waals surface area contributed by atoms with Gasteiger partial charge in [-0.05, 0) is 48.4 Å². The topological polar surface area (TPSA) is 66.4 Å². The van der Waals surface area contributed by atoms with Crippen LogP contribution in [0.15, 0.2) is 35.7 Å². The summed E-state index contributed by atoms with van der Waals surface area (Å²) in [6.45, 7) is 1.56. The Hall–Kier alpha value is -2.21. The number of carboxylic acids is 1. The molecular formula is C17H18FNO3S. The summed E-state index contributed by atoms with van der Waals surface area (Å²) in [7, 11) is 0. The minimum absolute atomic E-state index is 0.252. The standard InChI is InChI=1S/C17H18FNO3S/c1-11-10-12(7-8-14(11)18)16(17(21)22)19-15(20)6-2-4-13-5-3-9-23-13/h3,5,7-10,16H,2,4,6H2,1H3,(H,19,20)(H,21,22). The van der Waals surface area contributed by atoms with Gasteiger partial charge in [0, 0.05) is 11.3 Å². The molecule has 1 amide bonds. The number of nitrogens with one attached hydrogen (secondary N) is 1. The number of rotatable bonds is 7. The Morgan fingerprint density at radius 3 is 2.74 bits per heavy atom. The van der Waals surface area contributed by atoms with Crippen LogP contribution in [-0.2, 0) is 16.0 Å². The molecule has 2 aromatic rings. The molecule has 0 fully saturated rings. The number of aryl methyl sites for hydroxylation is 2. The molecule has 0 saturated heterocycles. The highest BCUT2D eigenvalue weighted by Crippen LogP contribution is 2.18. The van der Waals surface area contributed by atoms with Crippen molar-refractivity contribution >= 4 is 23.2 Å². The number of thiophene rings is 1. The van der Waals surface area contributed by atoms with E-state index in [1.54, 1.807) is 18.3 Å². The van der Waals surface area contributed by atoms with Crippen LogP contribution in [0.25, 0.3) is 0 Å². The largest absolute Gasteiger partial charge is 0.479 e. The number of benzene rings is 1. The average molecular weight is 335 g/mol. The number of aliphatic carboxylic acids is 1. The summed E-state index contributed by atoms with van der Waals surface area (Å²) >= 11 is 1.63. The van der Waals surface area contributed by atoms with Crippen LogP contribution in [0.5, 0.6) is 0 Å². The Morgan fingerprint density at radius 2 is 2.13 bits per heavy atom. The second-order valence-corrected chi connectivity index (χ2v) is 6.31. The number of carboxylic acid groups (broad SMARTS) is 1. The van der Waals surface area contributed by atoms with Crippen LogP contribution in [0.1, 0.15) is 34.9 Å². The molecule has 6 heteroatoms. The fourth-order valence-corrected chi connectivity index (χ4v) is 3.00. The van der Waals surface area contributed by atoms with Gasteiger partial charge in [0.25, 0.3) is 0 Å². The molecule has 1 aromatic carbocycles. The van der Waals surface area contributed by atoms with E-state index in [9.17, 15) is 19.1 Å². The van der Waals surface area contributed by atoms with E-state index >= 15 is 0 Å². The van der Waals surface area contributed by atoms with Crippen molar-refractivity contribution in [2.75, 3.05) is 0 Å². The molecular weight excluding hydrogens is 317 g/mol. The van der Waals surface area contributed by atoms with Crippen molar-refractivity contribution < 1.29 is 19.1 Å². The highest BCUT2D eigenvalue weighted by molar-refractivity contribution is 7.09. The number of carbonyl (C=O) groups excluding carboxylic acids is 1. The molecule has 1 heterocycles. The Balaban J connectivity index is 1.94. The van der Waals surface area contributed by atoms with Crippen LogP contribution in [0.3, 0.4) is 0 Å². The molecule has 0 radical (unpaired) electrons. The minimum atomic E-state index is -1.16. The third-order valence-electron chi connectivity index (χ3n) is 3.47. The van der Waals surface area contributed by atoms with Crippen molar-refractivity contribution in [1.82, 2.24) is 5.32 Å². The maximum Gasteiger partial charge on any atom is 0.330 e. The second kappa shape index (κ2) is 7.87. The molecule has 4 nitrogen and oxygen atoms in total. The van der Waals surface area contributed by atoms with Crippen molar-refractivity contribution in [1.29, 1.82) is 0 Å². The highest BCUT2D eigenvalue weighted by atomic mass is 32.1. The first kappa shape index (κ1) is 17.1. The van der Waals surface area contributed by atoms with Gasteiger partial charge in [-0.3, -0.25) is 4.79 Å². The first-order valence-corrected chi connectivity index (χ1v) is 8.16. The molecule has 23 heavy (non-hydrogen) atoms. The molecule has 2 rings (SSSR count). The second-order valence-electron chi connectivity index (χ2n) is 5.28. The quantitative estimate of drug-likeness (QED) is 0.814. The Kier molecular flexibility index (Phi) is 5.87. The molecule has 0 bridgehead atoms. The van der Waals surface area contributed by atoms with Crippen molar-refractivity contribution in [3.63, 3.8) is 0 Å². The molecule has 2 N–H and O–H groups in total. The molecule has 1 atom stereocenters. The molecule has 122 valence electrons. The highest BCUT2D eigenvalue weighted by Gasteiger charge is 2.22. The van der Waals surface area contributed by atoms with E-state index in [2.05, 4.69) is 5.32 Å².